The van der Waals surface area contributed by atoms with Crippen molar-refractivity contribution in [2.75, 3.05) is 0 Å². The Bertz CT molecular complexity index is 605. The molecule has 0 aliphatic carbocycles. The van der Waals surface area contributed by atoms with E-state index in [9.17, 15) is 0 Å². The van der Waals surface area contributed by atoms with Gasteiger partial charge in [-0.1, -0.05) is 13.8 Å². The molecule has 7 nitrogen and oxygen atoms in total. The molecular formula is C10H15N4O3P. The van der Waals surface area contributed by atoms with Gasteiger partial charge in [0.05, 0.1) is 0 Å². The minimum Gasteiger partial charge on any atom is -0.328 e. The van der Waals surface area contributed by atoms with E-state index in [2.05, 4.69) is 4.98 Å². The summed E-state index contributed by atoms with van der Waals surface area (Å²) in [6.45, 7) is 4.06. The molecule has 3 N–H and O–H groups in total. The molecule has 0 saturated carbocycles. The van der Waals surface area contributed by atoms with E-state index in [4.69, 9.17) is 19.7 Å². The summed E-state index contributed by atoms with van der Waals surface area (Å²) in [5, 5.41) is 7.75. The van der Waals surface area contributed by atoms with Crippen LogP contribution in [0.3, 0.4) is 0 Å². The minimum atomic E-state index is -2.41. The molecule has 0 fully saturated rings. The zero-order chi connectivity index (χ0) is 13.3. The van der Waals surface area contributed by atoms with Gasteiger partial charge >= 0.3 is 8.60 Å². The van der Waals surface area contributed by atoms with Crippen LogP contribution >= 0.6 is 8.60 Å². The summed E-state index contributed by atoms with van der Waals surface area (Å²) in [5.41, 5.74) is 1.84. The van der Waals surface area contributed by atoms with Crippen molar-refractivity contribution < 1.29 is 14.3 Å². The number of hydrogen-bond acceptors (Lipinski definition) is 5. The van der Waals surface area contributed by atoms with Gasteiger partial charge in [-0.3, -0.25) is 14.4 Å². The lowest BCUT2D eigenvalue weighted by Crippen LogP contribution is -2.21. The van der Waals surface area contributed by atoms with Crippen LogP contribution in [0.15, 0.2) is 18.5 Å². The first-order valence-electron chi connectivity index (χ1n) is 5.43. The van der Waals surface area contributed by atoms with Gasteiger partial charge in [-0.05, 0) is 18.1 Å². The maximum absolute atomic E-state index is 8.79. The van der Waals surface area contributed by atoms with Gasteiger partial charge in [0, 0.05) is 5.69 Å². The van der Waals surface area contributed by atoms with E-state index in [0.29, 0.717) is 5.52 Å². The third kappa shape index (κ3) is 2.44. The molecule has 2 aromatic rings. The number of nitrogens with one attached hydrogen (secondary N) is 1. The number of rotatable bonds is 4. The highest BCUT2D eigenvalue weighted by Crippen LogP contribution is 2.25. The van der Waals surface area contributed by atoms with Gasteiger partial charge < -0.3 is 9.79 Å². The summed E-state index contributed by atoms with van der Waals surface area (Å²) < 4.78 is 8.20. The maximum atomic E-state index is 8.79. The van der Waals surface area contributed by atoms with Crippen molar-refractivity contribution in [2.45, 2.75) is 26.5 Å². The van der Waals surface area contributed by atoms with E-state index in [0.717, 1.165) is 5.69 Å². The third-order valence-electron chi connectivity index (χ3n) is 2.60. The first kappa shape index (κ1) is 13.2. The van der Waals surface area contributed by atoms with E-state index in [1.165, 1.54) is 6.33 Å². The number of nitrogens with zero attached hydrogens (tertiary/aromatic N) is 3. The second-order valence-electron chi connectivity index (χ2n) is 4.15. The van der Waals surface area contributed by atoms with E-state index >= 15 is 0 Å². The van der Waals surface area contributed by atoms with Crippen LogP contribution < -0.4 is 5.49 Å². The third-order valence-corrected chi connectivity index (χ3v) is 2.95. The van der Waals surface area contributed by atoms with Crippen molar-refractivity contribution in [1.29, 1.82) is 5.41 Å². The topological polar surface area (TPSA) is 95.8 Å². The van der Waals surface area contributed by atoms with Crippen LogP contribution in [0.5, 0.6) is 0 Å². The van der Waals surface area contributed by atoms with E-state index in [1.807, 2.05) is 26.0 Å². The van der Waals surface area contributed by atoms with Gasteiger partial charge in [0.2, 0.25) is 0 Å². The lowest BCUT2D eigenvalue weighted by molar-refractivity contribution is 0.178. The number of aromatic nitrogens is 3. The van der Waals surface area contributed by atoms with Gasteiger partial charge in [-0.25, -0.2) is 9.67 Å². The highest BCUT2D eigenvalue weighted by molar-refractivity contribution is 7.39. The molecule has 0 bridgehead atoms. The summed E-state index contributed by atoms with van der Waals surface area (Å²) in [7, 11) is -2.41. The number of hydrogen-bond donors (Lipinski definition) is 3. The molecule has 0 atom stereocenters. The summed E-state index contributed by atoms with van der Waals surface area (Å²) in [5.74, 6) is 0.269. The molecule has 8 heteroatoms. The Kier molecular flexibility index (Phi) is 3.77. The Hall–Kier alpha value is -1.27. The molecule has 0 aromatic carbocycles. The highest BCUT2D eigenvalue weighted by atomic mass is 31.2. The Balaban J connectivity index is 2.55. The molecule has 18 heavy (non-hydrogen) atoms. The Morgan fingerprint density at radius 1 is 1.44 bits per heavy atom. The molecule has 0 amide bonds. The van der Waals surface area contributed by atoms with Crippen molar-refractivity contribution in [2.24, 2.45) is 0 Å². The molecule has 2 heterocycles. The van der Waals surface area contributed by atoms with Crippen molar-refractivity contribution in [3.63, 3.8) is 0 Å². The fourth-order valence-electron chi connectivity index (χ4n) is 1.79. The van der Waals surface area contributed by atoms with Crippen LogP contribution in [-0.2, 0) is 11.3 Å². The summed E-state index contributed by atoms with van der Waals surface area (Å²) in [4.78, 5) is 21.5. The minimum absolute atomic E-state index is 0.0309. The van der Waals surface area contributed by atoms with Crippen LogP contribution in [-0.4, -0.2) is 24.0 Å². The SMILES string of the molecule is CC(C)c1ccc2c(=N)ncn(COP(O)O)n12. The molecule has 0 aliphatic heterocycles. The van der Waals surface area contributed by atoms with Crippen LogP contribution in [0, 0.1) is 5.41 Å². The standard InChI is InChI=1S/C10H15N4O3P/c1-7(2)8-3-4-9-10(11)12-5-13(14(8)9)6-17-18(15)16/h3-5,7,11,15-16H,6H2,1-2H3. The van der Waals surface area contributed by atoms with Gasteiger partial charge in [0.1, 0.15) is 18.6 Å². The quantitative estimate of drug-likeness (QED) is 0.720. The molecule has 2 aromatic heterocycles. The van der Waals surface area contributed by atoms with Gasteiger partial charge in [0.25, 0.3) is 0 Å². The maximum Gasteiger partial charge on any atom is 0.328 e. The zero-order valence-electron chi connectivity index (χ0n) is 10.1. The van der Waals surface area contributed by atoms with E-state index in [1.54, 1.807) is 9.20 Å². The average molecular weight is 270 g/mol. The second kappa shape index (κ2) is 5.16. The van der Waals surface area contributed by atoms with E-state index < -0.39 is 8.60 Å². The fraction of sp³-hybridized carbons (Fsp3) is 0.400. The molecule has 0 spiro atoms. The van der Waals surface area contributed by atoms with Crippen molar-refractivity contribution in [3.8, 4) is 0 Å². The molecular weight excluding hydrogens is 255 g/mol. The van der Waals surface area contributed by atoms with Crippen LogP contribution in [0.4, 0.5) is 0 Å². The Morgan fingerprint density at radius 2 is 2.17 bits per heavy atom. The first-order valence-corrected chi connectivity index (χ1v) is 6.59. The molecule has 0 aliphatic rings. The highest BCUT2D eigenvalue weighted by Gasteiger charge is 2.11. The van der Waals surface area contributed by atoms with Crippen molar-refractivity contribution in [1.82, 2.24) is 14.2 Å². The lowest BCUT2D eigenvalue weighted by Gasteiger charge is -2.14. The van der Waals surface area contributed by atoms with Crippen molar-refractivity contribution >= 4 is 14.1 Å². The molecule has 0 unspecified atom stereocenters. The number of fused-ring (bicyclic) bond motifs is 1. The second-order valence-corrected chi connectivity index (χ2v) is 4.92. The molecule has 2 rings (SSSR count). The largest absolute Gasteiger partial charge is 0.328 e. The zero-order valence-corrected chi connectivity index (χ0v) is 11.0. The predicted octanol–water partition coefficient (Wildman–Crippen LogP) is 0.924. The van der Waals surface area contributed by atoms with Gasteiger partial charge in [-0.2, -0.15) is 0 Å². The average Bonchev–Trinajstić information content (AvgIpc) is 2.73. The molecule has 0 radical (unpaired) electrons. The summed E-state index contributed by atoms with van der Waals surface area (Å²) in [6.07, 6.45) is 1.44. The van der Waals surface area contributed by atoms with Gasteiger partial charge in [-0.15, -0.1) is 0 Å². The lowest BCUT2D eigenvalue weighted by atomic mass is 10.1. The normalized spacial score (nSPS) is 11.9. The van der Waals surface area contributed by atoms with Gasteiger partial charge in [0.15, 0.2) is 5.49 Å². The summed E-state index contributed by atoms with van der Waals surface area (Å²) >= 11 is 0. The Labute approximate surface area is 105 Å². The summed E-state index contributed by atoms with van der Waals surface area (Å²) in [6, 6.07) is 3.75. The molecule has 0 saturated heterocycles. The predicted molar refractivity (Wildman–Crippen MR) is 65.6 cm³/mol. The Morgan fingerprint density at radius 3 is 2.78 bits per heavy atom. The molecule has 98 valence electrons. The van der Waals surface area contributed by atoms with E-state index in [-0.39, 0.29) is 18.1 Å². The fourth-order valence-corrected chi connectivity index (χ4v) is 2.01. The monoisotopic (exact) mass is 270 g/mol. The van der Waals surface area contributed by atoms with Crippen LogP contribution in [0.1, 0.15) is 25.5 Å². The van der Waals surface area contributed by atoms with Crippen LogP contribution in [0.25, 0.3) is 5.52 Å². The smallest absolute Gasteiger partial charge is 0.328 e. The first-order chi connectivity index (χ1) is 8.50. The van der Waals surface area contributed by atoms with Crippen molar-refractivity contribution in [3.05, 3.63) is 29.6 Å². The van der Waals surface area contributed by atoms with Crippen LogP contribution in [0.2, 0.25) is 0 Å².